The number of rotatable bonds is 7. The van der Waals surface area contributed by atoms with Crippen molar-refractivity contribution in [3.63, 3.8) is 0 Å². The molecule has 0 radical (unpaired) electrons. The van der Waals surface area contributed by atoms with Gasteiger partial charge in [0.1, 0.15) is 0 Å². The summed E-state index contributed by atoms with van der Waals surface area (Å²) in [6.07, 6.45) is 3.77. The molecule has 1 aromatic carbocycles. The van der Waals surface area contributed by atoms with Gasteiger partial charge in [0.25, 0.3) is 0 Å². The molecule has 3 rings (SSSR count). The zero-order valence-electron chi connectivity index (χ0n) is 15.7. The van der Waals surface area contributed by atoms with Gasteiger partial charge < -0.3 is 4.90 Å². The van der Waals surface area contributed by atoms with Gasteiger partial charge in [0, 0.05) is 31.5 Å². The van der Waals surface area contributed by atoms with E-state index in [0.29, 0.717) is 23.9 Å². The van der Waals surface area contributed by atoms with Gasteiger partial charge in [-0.05, 0) is 30.7 Å². The predicted octanol–water partition coefficient (Wildman–Crippen LogP) is 3.10. The van der Waals surface area contributed by atoms with Crippen LogP contribution in [-0.4, -0.2) is 49.9 Å². The Kier molecular flexibility index (Phi) is 6.40. The van der Waals surface area contributed by atoms with E-state index >= 15 is 0 Å². The van der Waals surface area contributed by atoms with Crippen LogP contribution in [-0.2, 0) is 4.79 Å². The van der Waals surface area contributed by atoms with Crippen LogP contribution in [0.4, 0.5) is 0 Å². The summed E-state index contributed by atoms with van der Waals surface area (Å²) in [4.78, 5) is 18.1. The van der Waals surface area contributed by atoms with Crippen molar-refractivity contribution >= 4 is 17.7 Å². The Hall–Kier alpha value is -3.18. The maximum atomic E-state index is 12.3. The second-order valence-electron chi connectivity index (χ2n) is 6.18. The molecule has 142 valence electrons. The third kappa shape index (κ3) is 4.38. The van der Waals surface area contributed by atoms with Crippen LogP contribution in [0.25, 0.3) is 17.1 Å². The lowest BCUT2D eigenvalue weighted by Crippen LogP contribution is -2.29. The molecular formula is C20H20N6OS. The summed E-state index contributed by atoms with van der Waals surface area (Å²) in [7, 11) is 1.70. The van der Waals surface area contributed by atoms with Crippen LogP contribution in [0.2, 0.25) is 0 Å². The van der Waals surface area contributed by atoms with Gasteiger partial charge in [-0.25, -0.2) is 0 Å². The first-order chi connectivity index (χ1) is 13.6. The van der Waals surface area contributed by atoms with Crippen LogP contribution in [0.15, 0.2) is 53.9 Å². The van der Waals surface area contributed by atoms with E-state index in [0.717, 1.165) is 16.8 Å². The van der Waals surface area contributed by atoms with E-state index in [4.69, 9.17) is 5.26 Å². The molecule has 1 amide bonds. The Morgan fingerprint density at radius 3 is 2.79 bits per heavy atom. The van der Waals surface area contributed by atoms with Gasteiger partial charge in [-0.15, -0.1) is 10.2 Å². The van der Waals surface area contributed by atoms with Crippen LogP contribution < -0.4 is 0 Å². The Labute approximate surface area is 168 Å². The van der Waals surface area contributed by atoms with Crippen LogP contribution in [0.3, 0.4) is 0 Å². The molecule has 0 saturated carbocycles. The molecule has 7 nitrogen and oxygen atoms in total. The summed E-state index contributed by atoms with van der Waals surface area (Å²) in [5.74, 6) is 0.844. The quantitative estimate of drug-likeness (QED) is 0.574. The van der Waals surface area contributed by atoms with Crippen molar-refractivity contribution in [3.05, 3.63) is 54.4 Å². The third-order valence-corrected chi connectivity index (χ3v) is 5.13. The molecule has 8 heteroatoms. The number of pyridine rings is 1. The van der Waals surface area contributed by atoms with Gasteiger partial charge >= 0.3 is 0 Å². The van der Waals surface area contributed by atoms with E-state index in [9.17, 15) is 4.79 Å². The Morgan fingerprint density at radius 1 is 1.25 bits per heavy atom. The molecule has 0 spiro atoms. The number of benzene rings is 1. The lowest BCUT2D eigenvalue weighted by atomic mass is 10.2. The number of hydrogen-bond acceptors (Lipinski definition) is 6. The van der Waals surface area contributed by atoms with Crippen molar-refractivity contribution in [2.75, 3.05) is 19.3 Å². The second-order valence-corrected chi connectivity index (χ2v) is 7.12. The minimum Gasteiger partial charge on any atom is -0.344 e. The second kappa shape index (κ2) is 9.15. The molecule has 0 saturated heterocycles. The minimum absolute atomic E-state index is 0.0532. The highest BCUT2D eigenvalue weighted by molar-refractivity contribution is 7.99. The van der Waals surface area contributed by atoms with Crippen molar-refractivity contribution in [3.8, 4) is 23.1 Å². The van der Waals surface area contributed by atoms with Crippen molar-refractivity contribution < 1.29 is 4.79 Å². The number of nitriles is 1. The van der Waals surface area contributed by atoms with E-state index in [1.54, 1.807) is 24.3 Å². The number of aromatic nitrogens is 4. The number of carbonyl (C=O) groups is 1. The minimum atomic E-state index is -0.0532. The van der Waals surface area contributed by atoms with E-state index < -0.39 is 0 Å². The molecule has 3 aromatic rings. The summed E-state index contributed by atoms with van der Waals surface area (Å²) in [6.45, 7) is 2.44. The van der Waals surface area contributed by atoms with Crippen LogP contribution in [0.5, 0.6) is 0 Å². The fourth-order valence-corrected chi connectivity index (χ4v) is 3.54. The fourth-order valence-electron chi connectivity index (χ4n) is 2.66. The largest absolute Gasteiger partial charge is 0.344 e. The maximum absolute atomic E-state index is 12.3. The number of para-hydroxylation sites is 1. The smallest absolute Gasteiger partial charge is 0.232 e. The van der Waals surface area contributed by atoms with Crippen LogP contribution >= 0.6 is 11.8 Å². The fraction of sp³-hybridized carbons (Fsp3) is 0.250. The van der Waals surface area contributed by atoms with Gasteiger partial charge in [0.15, 0.2) is 11.0 Å². The van der Waals surface area contributed by atoms with Crippen molar-refractivity contribution in [1.29, 1.82) is 5.26 Å². The monoisotopic (exact) mass is 392 g/mol. The highest BCUT2D eigenvalue weighted by atomic mass is 32.2. The molecule has 0 atom stereocenters. The Bertz CT molecular complexity index is 995. The van der Waals surface area contributed by atoms with Gasteiger partial charge in [0.05, 0.1) is 23.9 Å². The average molecular weight is 392 g/mol. The molecule has 0 bridgehead atoms. The van der Waals surface area contributed by atoms with Gasteiger partial charge in [-0.1, -0.05) is 30.0 Å². The molecule has 0 aliphatic carbocycles. The predicted molar refractivity (Wildman–Crippen MR) is 108 cm³/mol. The number of aryl methyl sites for hydroxylation is 1. The molecule has 0 fully saturated rings. The van der Waals surface area contributed by atoms with Crippen molar-refractivity contribution in [2.45, 2.75) is 18.5 Å². The van der Waals surface area contributed by atoms with Crippen molar-refractivity contribution in [1.82, 2.24) is 24.6 Å². The van der Waals surface area contributed by atoms with E-state index in [1.807, 2.05) is 47.9 Å². The summed E-state index contributed by atoms with van der Waals surface area (Å²) >= 11 is 1.33. The molecular weight excluding hydrogens is 372 g/mol. The molecule has 0 aliphatic rings. The van der Waals surface area contributed by atoms with E-state index in [1.165, 1.54) is 11.8 Å². The molecule has 0 N–H and O–H groups in total. The molecule has 2 aromatic heterocycles. The normalized spacial score (nSPS) is 10.5. The number of carbonyl (C=O) groups excluding carboxylic acids is 1. The highest BCUT2D eigenvalue weighted by Crippen LogP contribution is 2.29. The van der Waals surface area contributed by atoms with Crippen LogP contribution in [0.1, 0.15) is 12.0 Å². The maximum Gasteiger partial charge on any atom is 0.232 e. The summed E-state index contributed by atoms with van der Waals surface area (Å²) < 4.78 is 1.96. The first-order valence-electron chi connectivity index (χ1n) is 8.77. The number of nitrogens with zero attached hydrogens (tertiary/aromatic N) is 6. The lowest BCUT2D eigenvalue weighted by molar-refractivity contribution is -0.127. The van der Waals surface area contributed by atoms with E-state index in [2.05, 4.69) is 21.3 Å². The first kappa shape index (κ1) is 19.6. The number of thioether (sulfide) groups is 1. The summed E-state index contributed by atoms with van der Waals surface area (Å²) in [5.41, 5.74) is 2.88. The molecule has 0 aliphatic heterocycles. The highest BCUT2D eigenvalue weighted by Gasteiger charge is 2.19. The summed E-state index contributed by atoms with van der Waals surface area (Å²) in [6, 6.07) is 13.8. The van der Waals surface area contributed by atoms with Crippen molar-refractivity contribution in [2.24, 2.45) is 0 Å². The average Bonchev–Trinajstić information content (AvgIpc) is 3.14. The number of amides is 1. The molecule has 0 unspecified atom stereocenters. The lowest BCUT2D eigenvalue weighted by Gasteiger charge is -2.16. The molecule has 2 heterocycles. The topological polar surface area (TPSA) is 87.7 Å². The third-order valence-electron chi connectivity index (χ3n) is 4.22. The standard InChI is InChI=1S/C20H20N6OS/c1-15-7-3-4-9-17(15)26-19(16-8-5-11-22-13-16)23-24-20(26)28-14-18(27)25(2)12-6-10-21/h3-5,7-9,11,13H,6,12,14H2,1-2H3. The van der Waals surface area contributed by atoms with Gasteiger partial charge in [-0.3, -0.25) is 14.3 Å². The molecule has 28 heavy (non-hydrogen) atoms. The Balaban J connectivity index is 1.92. The van der Waals surface area contributed by atoms with E-state index in [-0.39, 0.29) is 11.7 Å². The zero-order chi connectivity index (χ0) is 19.9. The zero-order valence-corrected chi connectivity index (χ0v) is 16.6. The summed E-state index contributed by atoms with van der Waals surface area (Å²) in [5, 5.41) is 18.0. The van der Waals surface area contributed by atoms with Crippen LogP contribution in [0, 0.1) is 18.3 Å². The van der Waals surface area contributed by atoms with Gasteiger partial charge in [-0.2, -0.15) is 5.26 Å². The Morgan fingerprint density at radius 2 is 2.07 bits per heavy atom. The first-order valence-corrected chi connectivity index (χ1v) is 9.76. The SMILES string of the molecule is Cc1ccccc1-n1c(SCC(=O)N(C)CCC#N)nnc1-c1cccnc1. The number of hydrogen-bond donors (Lipinski definition) is 0. The van der Waals surface area contributed by atoms with Gasteiger partial charge in [0.2, 0.25) is 5.91 Å².